The smallest absolute Gasteiger partial charge is 0.335 e. The Kier molecular flexibility index (Phi) is 6.69. The Morgan fingerprint density at radius 1 is 1.07 bits per heavy atom. The van der Waals surface area contributed by atoms with E-state index >= 15 is 0 Å². The van der Waals surface area contributed by atoms with Crippen LogP contribution in [0, 0.1) is 11.3 Å². The second-order valence-electron chi connectivity index (χ2n) is 11.4. The number of hydrogen-bond acceptors (Lipinski definition) is 7. The minimum absolute atomic E-state index is 0.154. The van der Waals surface area contributed by atoms with Crippen molar-refractivity contribution in [1.29, 1.82) is 5.26 Å². The van der Waals surface area contributed by atoms with E-state index < -0.39 is 5.97 Å². The van der Waals surface area contributed by atoms with Gasteiger partial charge in [0.05, 0.1) is 53.5 Å². The number of nitrogens with zero attached hydrogens (tertiary/aromatic N) is 7. The van der Waals surface area contributed by atoms with Gasteiger partial charge in [-0.2, -0.15) is 10.4 Å². The van der Waals surface area contributed by atoms with Crippen LogP contribution in [0.3, 0.4) is 0 Å². The fourth-order valence-electron chi connectivity index (χ4n) is 6.33. The fourth-order valence-corrected chi connectivity index (χ4v) is 6.33. The van der Waals surface area contributed by atoms with E-state index in [4.69, 9.17) is 14.8 Å². The van der Waals surface area contributed by atoms with Gasteiger partial charge < -0.3 is 19.3 Å². The minimum atomic E-state index is -0.928. The van der Waals surface area contributed by atoms with Crippen LogP contribution >= 0.6 is 0 Å². The molecule has 0 spiro atoms. The first kappa shape index (κ1) is 25.7. The molecule has 210 valence electrons. The fraction of sp³-hybridized carbons (Fsp3) is 0.419. The Morgan fingerprint density at radius 2 is 1.93 bits per heavy atom. The van der Waals surface area contributed by atoms with E-state index in [2.05, 4.69) is 43.4 Å². The topological polar surface area (TPSA) is 112 Å². The van der Waals surface area contributed by atoms with E-state index in [1.54, 1.807) is 12.1 Å². The predicted molar refractivity (Wildman–Crippen MR) is 153 cm³/mol. The highest BCUT2D eigenvalue weighted by Crippen LogP contribution is 2.29. The summed E-state index contributed by atoms with van der Waals surface area (Å²) in [6.45, 7) is 5.78. The van der Waals surface area contributed by atoms with Gasteiger partial charge in [-0.25, -0.2) is 9.78 Å². The van der Waals surface area contributed by atoms with Gasteiger partial charge in [0, 0.05) is 45.0 Å². The summed E-state index contributed by atoms with van der Waals surface area (Å²) in [5.41, 5.74) is 5.21. The number of carboxylic acids is 1. The van der Waals surface area contributed by atoms with Gasteiger partial charge in [0.15, 0.2) is 5.82 Å². The van der Waals surface area contributed by atoms with Crippen molar-refractivity contribution in [2.24, 2.45) is 0 Å². The van der Waals surface area contributed by atoms with Crippen LogP contribution in [0.25, 0.3) is 11.0 Å². The maximum atomic E-state index is 11.6. The molecule has 41 heavy (non-hydrogen) atoms. The van der Waals surface area contributed by atoms with Gasteiger partial charge in [0.1, 0.15) is 5.82 Å². The number of benzene rings is 2. The minimum Gasteiger partial charge on any atom is -0.478 e. The Bertz CT molecular complexity index is 1640. The Balaban J connectivity index is 1.02. The lowest BCUT2D eigenvalue weighted by Gasteiger charge is -2.33. The standard InChI is InChI=1S/C31H33N7O3/c32-17-21-1-2-22-5-12-36(18-24(22)15-21)29-8-13-38(34-29)25-6-10-35(11-7-25)20-30-33-27-4-3-23(31(39)40)16-28(27)37(30)19-26-9-14-41-26/h1-4,8,13,15-16,25-26H,5-7,9-12,14,18-20H2,(H,39,40). The van der Waals surface area contributed by atoms with E-state index in [1.807, 2.05) is 18.2 Å². The number of rotatable bonds is 7. The Morgan fingerprint density at radius 3 is 2.68 bits per heavy atom. The van der Waals surface area contributed by atoms with Crippen LogP contribution in [0.1, 0.15) is 58.2 Å². The molecule has 1 unspecified atom stereocenters. The summed E-state index contributed by atoms with van der Waals surface area (Å²) in [4.78, 5) is 21.3. The van der Waals surface area contributed by atoms with Crippen molar-refractivity contribution in [2.75, 3.05) is 31.1 Å². The molecule has 0 amide bonds. The molecule has 7 rings (SSSR count). The van der Waals surface area contributed by atoms with Crippen molar-refractivity contribution < 1.29 is 14.6 Å². The lowest BCUT2D eigenvalue weighted by atomic mass is 9.98. The third kappa shape index (κ3) is 5.07. The number of likely N-dealkylation sites (tertiary alicyclic amines) is 1. The van der Waals surface area contributed by atoms with Crippen molar-refractivity contribution in [3.8, 4) is 6.07 Å². The molecule has 10 nitrogen and oxygen atoms in total. The molecular weight excluding hydrogens is 518 g/mol. The van der Waals surface area contributed by atoms with Crippen LogP contribution in [0.15, 0.2) is 48.7 Å². The number of nitriles is 1. The number of imidazole rings is 1. The number of piperidine rings is 1. The lowest BCUT2D eigenvalue weighted by molar-refractivity contribution is -0.0592. The Labute approximate surface area is 238 Å². The second-order valence-corrected chi connectivity index (χ2v) is 11.4. The van der Waals surface area contributed by atoms with Crippen LogP contribution in [0.2, 0.25) is 0 Å². The van der Waals surface area contributed by atoms with Crippen LogP contribution in [0.5, 0.6) is 0 Å². The summed E-state index contributed by atoms with van der Waals surface area (Å²) in [6, 6.07) is 15.9. The molecule has 0 aliphatic carbocycles. The molecule has 3 aliphatic heterocycles. The molecule has 2 fully saturated rings. The van der Waals surface area contributed by atoms with Gasteiger partial charge in [-0.15, -0.1) is 0 Å². The molecule has 1 N–H and O–H groups in total. The average molecular weight is 552 g/mol. The number of fused-ring (bicyclic) bond motifs is 2. The van der Waals surface area contributed by atoms with E-state index in [0.717, 1.165) is 87.7 Å². The molecule has 4 aromatic rings. The molecule has 2 aromatic heterocycles. The number of aromatic carboxylic acids is 1. The van der Waals surface area contributed by atoms with Gasteiger partial charge in [-0.1, -0.05) is 6.07 Å². The number of carbonyl (C=O) groups is 1. The Hall–Kier alpha value is -4.20. The number of ether oxygens (including phenoxy) is 1. The SMILES string of the molecule is N#Cc1ccc2c(c1)CN(c1ccn(C3CCN(Cc4nc5ccc(C(=O)O)cc5n4CC4CCO4)CC3)n1)CC2. The zero-order valence-electron chi connectivity index (χ0n) is 22.9. The summed E-state index contributed by atoms with van der Waals surface area (Å²) in [5, 5.41) is 23.8. The lowest BCUT2D eigenvalue weighted by Crippen LogP contribution is -2.36. The van der Waals surface area contributed by atoms with Crippen LogP contribution < -0.4 is 4.90 Å². The van der Waals surface area contributed by atoms with Crippen molar-refractivity contribution >= 4 is 22.8 Å². The maximum Gasteiger partial charge on any atom is 0.335 e. The van der Waals surface area contributed by atoms with Crippen LogP contribution in [-0.2, 0) is 30.8 Å². The van der Waals surface area contributed by atoms with Gasteiger partial charge in [0.25, 0.3) is 0 Å². The van der Waals surface area contributed by atoms with Crippen molar-refractivity contribution in [3.05, 3.63) is 76.7 Å². The zero-order chi connectivity index (χ0) is 27.9. The van der Waals surface area contributed by atoms with E-state index in [9.17, 15) is 15.2 Å². The zero-order valence-corrected chi connectivity index (χ0v) is 22.9. The summed E-state index contributed by atoms with van der Waals surface area (Å²) in [6.07, 6.45) is 6.24. The average Bonchev–Trinajstić information content (AvgIpc) is 3.59. The number of carboxylic acid groups (broad SMARTS) is 1. The van der Waals surface area contributed by atoms with Crippen molar-refractivity contribution in [1.82, 2.24) is 24.2 Å². The van der Waals surface area contributed by atoms with Crippen molar-refractivity contribution in [3.63, 3.8) is 0 Å². The van der Waals surface area contributed by atoms with Gasteiger partial charge >= 0.3 is 5.97 Å². The van der Waals surface area contributed by atoms with Gasteiger partial charge in [-0.3, -0.25) is 9.58 Å². The molecule has 10 heteroatoms. The summed E-state index contributed by atoms with van der Waals surface area (Å²) < 4.78 is 10.00. The maximum absolute atomic E-state index is 11.6. The molecular formula is C31H33N7O3. The normalized spacial score (nSPS) is 19.6. The van der Waals surface area contributed by atoms with E-state index in [0.29, 0.717) is 18.2 Å². The van der Waals surface area contributed by atoms with E-state index in [1.165, 1.54) is 11.1 Å². The van der Waals surface area contributed by atoms with Crippen LogP contribution in [-0.4, -0.2) is 67.7 Å². The number of anilines is 1. The predicted octanol–water partition coefficient (Wildman–Crippen LogP) is 3.99. The van der Waals surface area contributed by atoms with E-state index in [-0.39, 0.29) is 11.7 Å². The highest BCUT2D eigenvalue weighted by atomic mass is 16.5. The van der Waals surface area contributed by atoms with Crippen molar-refractivity contribution in [2.45, 2.75) is 57.5 Å². The van der Waals surface area contributed by atoms with Gasteiger partial charge in [0.2, 0.25) is 0 Å². The first-order valence-corrected chi connectivity index (χ1v) is 14.4. The monoisotopic (exact) mass is 551 g/mol. The highest BCUT2D eigenvalue weighted by molar-refractivity contribution is 5.92. The van der Waals surface area contributed by atoms with Gasteiger partial charge in [-0.05, 0) is 67.1 Å². The first-order chi connectivity index (χ1) is 20.0. The molecule has 3 aliphatic rings. The molecule has 0 radical (unpaired) electrons. The highest BCUT2D eigenvalue weighted by Gasteiger charge is 2.27. The molecule has 0 bridgehead atoms. The molecule has 1 atom stereocenters. The van der Waals surface area contributed by atoms with Crippen LogP contribution in [0.4, 0.5) is 5.82 Å². The summed E-state index contributed by atoms with van der Waals surface area (Å²) in [5.74, 6) is 1.03. The quantitative estimate of drug-likeness (QED) is 0.367. The summed E-state index contributed by atoms with van der Waals surface area (Å²) in [7, 11) is 0. The second kappa shape index (κ2) is 10.7. The molecule has 0 saturated carbocycles. The molecule has 2 aromatic carbocycles. The third-order valence-electron chi connectivity index (χ3n) is 8.82. The number of aromatic nitrogens is 4. The third-order valence-corrected chi connectivity index (χ3v) is 8.82. The largest absolute Gasteiger partial charge is 0.478 e. The molecule has 5 heterocycles. The summed E-state index contributed by atoms with van der Waals surface area (Å²) >= 11 is 0. The number of hydrogen-bond donors (Lipinski definition) is 1. The first-order valence-electron chi connectivity index (χ1n) is 14.4. The molecule has 2 saturated heterocycles.